The third kappa shape index (κ3) is 8.48. The van der Waals surface area contributed by atoms with Crippen molar-refractivity contribution >= 4 is 24.7 Å². The Labute approximate surface area is 353 Å². The van der Waals surface area contributed by atoms with E-state index in [0.29, 0.717) is 11.5 Å². The van der Waals surface area contributed by atoms with Crippen LogP contribution in [0.5, 0.6) is 11.5 Å². The molecular weight excluding hydrogens is 825 g/mol. The number of fused-ring (bicyclic) bond motifs is 1. The summed E-state index contributed by atoms with van der Waals surface area (Å²) in [6.45, 7) is 2.35. The standard InChI is InChI=1S/C42H46N7O12P/c1-24-20-48(41(53)47-38(24)51)34-18-30(50)32(59-34)22-58-62(4,54)61-31-19-35(49-23-44-36-37(49)45-40(43)46-39(36)52)60-33(31)21-57-42(25-8-6-5-7-9-25,26-10-14-28(55-2)15-11-26)27-12-16-29(56-3)17-13-27/h5-17,20,23,30-35,50H,18-19,21-22H2,1-4H3,(H,47,51,53)(H3,43,45,46,52)/t30-,31-,32+,33+,34+,35+,62?/m0/s1. The van der Waals surface area contributed by atoms with Crippen molar-refractivity contribution in [3.05, 3.63) is 145 Å². The van der Waals surface area contributed by atoms with Crippen LogP contribution < -0.4 is 32.0 Å². The largest absolute Gasteiger partial charge is 0.497 e. The fourth-order valence-electron chi connectivity index (χ4n) is 7.89. The maximum Gasteiger partial charge on any atom is 0.330 e. The Morgan fingerprint density at radius 2 is 1.45 bits per heavy atom. The highest BCUT2D eigenvalue weighted by Gasteiger charge is 2.46. The van der Waals surface area contributed by atoms with Crippen molar-refractivity contribution < 1.29 is 42.4 Å². The average Bonchev–Trinajstić information content (AvgIpc) is 3.98. The van der Waals surface area contributed by atoms with Gasteiger partial charge in [-0.1, -0.05) is 54.6 Å². The highest BCUT2D eigenvalue weighted by atomic mass is 31.2. The van der Waals surface area contributed by atoms with Crippen molar-refractivity contribution in [1.82, 2.24) is 29.1 Å². The van der Waals surface area contributed by atoms with Gasteiger partial charge in [0, 0.05) is 31.3 Å². The van der Waals surface area contributed by atoms with Gasteiger partial charge in [-0.05, 0) is 47.9 Å². The second kappa shape index (κ2) is 17.5. The molecular formula is C42H46N7O12P. The summed E-state index contributed by atoms with van der Waals surface area (Å²) in [6.07, 6.45) is -2.85. The molecule has 0 aliphatic carbocycles. The number of H-pyrrole nitrogens is 2. The summed E-state index contributed by atoms with van der Waals surface area (Å²) < 4.78 is 59.9. The number of aromatic amines is 2. The van der Waals surface area contributed by atoms with Crippen LogP contribution in [-0.2, 0) is 33.4 Å². The molecule has 0 bridgehead atoms. The Balaban J connectivity index is 1.10. The molecule has 0 saturated carbocycles. The Bertz CT molecular complexity index is 2710. The van der Waals surface area contributed by atoms with Gasteiger partial charge in [0.2, 0.25) is 5.95 Å². The number of aryl methyl sites for hydroxylation is 1. The van der Waals surface area contributed by atoms with Crippen molar-refractivity contribution in [3.63, 3.8) is 0 Å². The first-order chi connectivity index (χ1) is 29.8. The number of methoxy groups -OCH3 is 2. The number of rotatable bonds is 15. The molecule has 2 fully saturated rings. The third-order valence-electron chi connectivity index (χ3n) is 11.0. The van der Waals surface area contributed by atoms with E-state index in [2.05, 4.69) is 19.9 Å². The molecule has 0 spiro atoms. The molecule has 6 aromatic rings. The van der Waals surface area contributed by atoms with E-state index in [1.54, 1.807) is 25.7 Å². The van der Waals surface area contributed by atoms with Crippen LogP contribution in [0.25, 0.3) is 11.2 Å². The van der Waals surface area contributed by atoms with Crippen LogP contribution in [0.15, 0.2) is 106 Å². The highest BCUT2D eigenvalue weighted by Crippen LogP contribution is 2.50. The number of imidazole rings is 1. The van der Waals surface area contributed by atoms with E-state index in [1.165, 1.54) is 23.8 Å². The number of aliphatic hydroxyl groups is 1. The van der Waals surface area contributed by atoms with Crippen LogP contribution in [0, 0.1) is 6.92 Å². The van der Waals surface area contributed by atoms with Gasteiger partial charge in [-0.3, -0.25) is 33.3 Å². The number of hydrogen-bond acceptors (Lipinski definition) is 15. The molecule has 8 rings (SSSR count). The van der Waals surface area contributed by atoms with E-state index in [-0.39, 0.29) is 48.7 Å². The monoisotopic (exact) mass is 871 g/mol. The fourth-order valence-corrected chi connectivity index (χ4v) is 9.08. The lowest BCUT2D eigenvalue weighted by atomic mass is 9.80. The predicted molar refractivity (Wildman–Crippen MR) is 224 cm³/mol. The van der Waals surface area contributed by atoms with Crippen LogP contribution in [0.4, 0.5) is 5.95 Å². The van der Waals surface area contributed by atoms with Gasteiger partial charge < -0.3 is 43.6 Å². The number of aliphatic hydroxyl groups excluding tert-OH is 1. The van der Waals surface area contributed by atoms with Crippen LogP contribution in [0.1, 0.15) is 47.6 Å². The second-order valence-corrected chi connectivity index (χ2v) is 17.1. The highest BCUT2D eigenvalue weighted by molar-refractivity contribution is 7.53. The second-order valence-electron chi connectivity index (χ2n) is 15.1. The Morgan fingerprint density at radius 3 is 2.10 bits per heavy atom. The van der Waals surface area contributed by atoms with Crippen LogP contribution in [0.3, 0.4) is 0 Å². The van der Waals surface area contributed by atoms with Crippen molar-refractivity contribution in [2.45, 2.75) is 62.2 Å². The molecule has 0 amide bonds. The predicted octanol–water partition coefficient (Wildman–Crippen LogP) is 3.75. The van der Waals surface area contributed by atoms with Crippen molar-refractivity contribution in [2.75, 3.05) is 39.8 Å². The molecule has 19 nitrogen and oxygen atoms in total. The molecule has 7 atom stereocenters. The van der Waals surface area contributed by atoms with Gasteiger partial charge >= 0.3 is 13.3 Å². The number of hydrogen-bond donors (Lipinski definition) is 4. The first kappa shape index (κ1) is 42.8. The van der Waals surface area contributed by atoms with Crippen LogP contribution in [-0.4, -0.2) is 92.7 Å². The SMILES string of the molecule is COc1ccc(C(OC[C@H]2O[C@@H](n3cnc4c(=O)[nH]c(N)nc43)C[C@@H]2OP(C)(=O)OC[C@H]2O[C@@H](n3cc(C)c(=O)[nH]c3=O)C[C@@H]2O)(c2ccccc2)c2ccc(OC)cc2)cc1. The van der Waals surface area contributed by atoms with Gasteiger partial charge in [-0.15, -0.1) is 0 Å². The maximum atomic E-state index is 14.3. The zero-order valence-corrected chi connectivity index (χ0v) is 35.1. The molecule has 5 N–H and O–H groups in total. The van der Waals surface area contributed by atoms with Crippen LogP contribution in [0.2, 0.25) is 0 Å². The summed E-state index contributed by atoms with van der Waals surface area (Å²) >= 11 is 0. The molecule has 1 unspecified atom stereocenters. The Kier molecular flexibility index (Phi) is 12.0. The molecule has 326 valence electrons. The van der Waals surface area contributed by atoms with Crippen molar-refractivity contribution in [1.29, 1.82) is 0 Å². The molecule has 3 aromatic carbocycles. The van der Waals surface area contributed by atoms with Gasteiger partial charge in [0.15, 0.2) is 11.2 Å². The molecule has 20 heteroatoms. The minimum absolute atomic E-state index is 0.0116. The molecule has 2 saturated heterocycles. The van der Waals surface area contributed by atoms with E-state index >= 15 is 0 Å². The summed E-state index contributed by atoms with van der Waals surface area (Å²) in [4.78, 5) is 50.5. The van der Waals surface area contributed by atoms with E-state index in [4.69, 9.17) is 38.5 Å². The molecule has 0 radical (unpaired) electrons. The maximum absolute atomic E-state index is 14.3. The number of ether oxygens (including phenoxy) is 5. The Hall–Kier alpha value is -5.92. The first-order valence-corrected chi connectivity index (χ1v) is 21.7. The number of benzene rings is 3. The molecule has 5 heterocycles. The summed E-state index contributed by atoms with van der Waals surface area (Å²) in [5, 5.41) is 10.9. The van der Waals surface area contributed by atoms with E-state index < -0.39 is 66.9 Å². The molecule has 62 heavy (non-hydrogen) atoms. The third-order valence-corrected chi connectivity index (χ3v) is 12.3. The van der Waals surface area contributed by atoms with Gasteiger partial charge in [-0.25, -0.2) is 9.78 Å². The van der Waals surface area contributed by atoms with Gasteiger partial charge in [0.25, 0.3) is 11.1 Å². The smallest absolute Gasteiger partial charge is 0.330 e. The van der Waals surface area contributed by atoms with E-state index in [9.17, 15) is 24.1 Å². The van der Waals surface area contributed by atoms with Gasteiger partial charge in [0.1, 0.15) is 41.8 Å². The number of nitrogens with one attached hydrogen (secondary N) is 2. The van der Waals surface area contributed by atoms with E-state index in [1.807, 2.05) is 78.9 Å². The Morgan fingerprint density at radius 1 is 0.839 bits per heavy atom. The molecule has 2 aliphatic heterocycles. The number of nitrogen functional groups attached to an aromatic ring is 1. The minimum atomic E-state index is -3.98. The normalized spacial score (nSPS) is 22.5. The summed E-state index contributed by atoms with van der Waals surface area (Å²) in [5.41, 5.74) is 5.72. The lowest BCUT2D eigenvalue weighted by Gasteiger charge is -2.37. The topological polar surface area (TPSA) is 246 Å². The lowest BCUT2D eigenvalue weighted by molar-refractivity contribution is -0.0919. The zero-order valence-electron chi connectivity index (χ0n) is 34.2. The number of anilines is 1. The first-order valence-electron chi connectivity index (χ1n) is 19.7. The zero-order chi connectivity index (χ0) is 43.8. The van der Waals surface area contributed by atoms with Gasteiger partial charge in [0.05, 0.1) is 46.0 Å². The average molecular weight is 872 g/mol. The number of nitrogens with zero attached hydrogens (tertiary/aromatic N) is 4. The fraction of sp³-hybridized carbons (Fsp3) is 0.357. The van der Waals surface area contributed by atoms with Crippen molar-refractivity contribution in [2.24, 2.45) is 0 Å². The minimum Gasteiger partial charge on any atom is -0.497 e. The number of aromatic nitrogens is 6. The van der Waals surface area contributed by atoms with E-state index in [0.717, 1.165) is 16.7 Å². The molecule has 3 aromatic heterocycles. The number of nitrogens with two attached hydrogens (primary N) is 1. The quantitative estimate of drug-likeness (QED) is 0.0848. The summed E-state index contributed by atoms with van der Waals surface area (Å²) in [5.74, 6) is 1.17. The van der Waals surface area contributed by atoms with Crippen molar-refractivity contribution in [3.8, 4) is 11.5 Å². The van der Waals surface area contributed by atoms with Gasteiger partial charge in [-0.2, -0.15) is 4.98 Å². The summed E-state index contributed by atoms with van der Waals surface area (Å²) in [6, 6.07) is 24.7. The lowest BCUT2D eigenvalue weighted by Crippen LogP contribution is -2.38. The van der Waals surface area contributed by atoms with Crippen LogP contribution >= 0.6 is 7.60 Å². The molecule has 2 aliphatic rings. The summed E-state index contributed by atoms with van der Waals surface area (Å²) in [7, 11) is -0.808.